The first-order valence-corrected chi connectivity index (χ1v) is 34.8. The number of unbranched alkanes of at least 4 members (excludes halogenated alkanes) is 43. The average Bonchev–Trinajstić information content (AvgIpc) is 3.45. The number of esters is 3. The lowest BCUT2D eigenvalue weighted by molar-refractivity contribution is -0.167. The summed E-state index contributed by atoms with van der Waals surface area (Å²) in [6, 6.07) is 0. The molecule has 0 aliphatic heterocycles. The minimum Gasteiger partial charge on any atom is -0.462 e. The fraction of sp³-hybridized carbons (Fsp3) is 0.822. The maximum absolute atomic E-state index is 12.9. The van der Waals surface area contributed by atoms with Gasteiger partial charge in [-0.2, -0.15) is 0 Å². The summed E-state index contributed by atoms with van der Waals surface area (Å²) in [6.45, 7) is 6.64. The quantitative estimate of drug-likeness (QED) is 0.0261. The molecule has 1 unspecified atom stereocenters. The summed E-state index contributed by atoms with van der Waals surface area (Å²) in [6.07, 6.45) is 86.8. The molecule has 0 radical (unpaired) electrons. The van der Waals surface area contributed by atoms with Gasteiger partial charge in [-0.3, -0.25) is 14.4 Å². The number of rotatable bonds is 64. The van der Waals surface area contributed by atoms with E-state index in [0.29, 0.717) is 19.3 Å². The third-order valence-electron chi connectivity index (χ3n) is 15.5. The van der Waals surface area contributed by atoms with Crippen LogP contribution >= 0.6 is 0 Å². The summed E-state index contributed by atoms with van der Waals surface area (Å²) in [4.78, 5) is 38.3. The molecule has 0 fully saturated rings. The summed E-state index contributed by atoms with van der Waals surface area (Å²) >= 11 is 0. The van der Waals surface area contributed by atoms with Gasteiger partial charge in [-0.1, -0.05) is 319 Å². The lowest BCUT2D eigenvalue weighted by Gasteiger charge is -2.18. The summed E-state index contributed by atoms with van der Waals surface area (Å²) < 4.78 is 16.9. The Labute approximate surface area is 491 Å². The van der Waals surface area contributed by atoms with Crippen LogP contribution in [0.2, 0.25) is 0 Å². The summed E-state index contributed by atoms with van der Waals surface area (Å²) in [5.74, 6) is -0.867. The molecule has 6 nitrogen and oxygen atoms in total. The number of allylic oxidation sites excluding steroid dienone is 10. The Hall–Kier alpha value is -2.89. The second kappa shape index (κ2) is 67.6. The van der Waals surface area contributed by atoms with Crippen LogP contribution in [0.25, 0.3) is 0 Å². The smallest absolute Gasteiger partial charge is 0.306 e. The monoisotopic (exact) mass is 1110 g/mol. The van der Waals surface area contributed by atoms with E-state index in [1.807, 2.05) is 0 Å². The molecule has 0 aliphatic rings. The lowest BCUT2D eigenvalue weighted by Crippen LogP contribution is -2.30. The maximum Gasteiger partial charge on any atom is 0.306 e. The van der Waals surface area contributed by atoms with Crippen molar-refractivity contribution < 1.29 is 28.6 Å². The summed E-state index contributed by atoms with van der Waals surface area (Å²) in [5, 5.41) is 0. The van der Waals surface area contributed by atoms with Crippen molar-refractivity contribution in [1.82, 2.24) is 0 Å². The minimum atomic E-state index is -0.779. The lowest BCUT2D eigenvalue weighted by atomic mass is 10.0. The number of hydrogen-bond donors (Lipinski definition) is 0. The highest BCUT2D eigenvalue weighted by Crippen LogP contribution is 2.18. The molecule has 0 N–H and O–H groups in total. The highest BCUT2D eigenvalue weighted by molar-refractivity contribution is 5.71. The van der Waals surface area contributed by atoms with Crippen LogP contribution in [-0.2, 0) is 28.6 Å². The molecule has 1 atom stereocenters. The van der Waals surface area contributed by atoms with Gasteiger partial charge in [0.25, 0.3) is 0 Å². The molecular weight excluding hydrogens is 973 g/mol. The van der Waals surface area contributed by atoms with Crippen molar-refractivity contribution in [2.75, 3.05) is 13.2 Å². The van der Waals surface area contributed by atoms with E-state index in [-0.39, 0.29) is 31.1 Å². The van der Waals surface area contributed by atoms with Gasteiger partial charge < -0.3 is 14.2 Å². The SMILES string of the molecule is CCCCC/C=C\C/C=C\CCCCCCCC(=O)OC(COC(=O)CCCCCCCCCCCCCCC)COC(=O)CCCCCCCCCCCCCCCCCCCC/C=C\C/C=C\C/C=C\CCCCCCC. The predicted octanol–water partition coefficient (Wildman–Crippen LogP) is 23.9. The Balaban J connectivity index is 4.12. The topological polar surface area (TPSA) is 78.9 Å². The van der Waals surface area contributed by atoms with Gasteiger partial charge in [0.2, 0.25) is 0 Å². The molecule has 0 amide bonds. The second-order valence-corrected chi connectivity index (χ2v) is 23.4. The van der Waals surface area contributed by atoms with Gasteiger partial charge >= 0.3 is 17.9 Å². The zero-order chi connectivity index (χ0) is 57.1. The van der Waals surface area contributed by atoms with Crippen molar-refractivity contribution in [1.29, 1.82) is 0 Å². The third kappa shape index (κ3) is 65.8. The van der Waals surface area contributed by atoms with Gasteiger partial charge in [0, 0.05) is 19.3 Å². The molecular formula is C73H132O6. The fourth-order valence-electron chi connectivity index (χ4n) is 10.2. The molecule has 0 spiro atoms. The largest absolute Gasteiger partial charge is 0.462 e. The molecule has 0 saturated heterocycles. The van der Waals surface area contributed by atoms with E-state index in [2.05, 4.69) is 81.5 Å². The van der Waals surface area contributed by atoms with Crippen LogP contribution in [0.1, 0.15) is 367 Å². The molecule has 0 aromatic carbocycles. The molecule has 0 bridgehead atoms. The van der Waals surface area contributed by atoms with Crippen molar-refractivity contribution in [2.24, 2.45) is 0 Å². The van der Waals surface area contributed by atoms with Crippen LogP contribution in [0.5, 0.6) is 0 Å². The Morgan fingerprint density at radius 1 is 0.253 bits per heavy atom. The molecule has 79 heavy (non-hydrogen) atoms. The van der Waals surface area contributed by atoms with E-state index < -0.39 is 6.10 Å². The van der Waals surface area contributed by atoms with Gasteiger partial charge in [-0.05, 0) is 89.9 Å². The van der Waals surface area contributed by atoms with E-state index in [4.69, 9.17) is 14.2 Å². The molecule has 0 aliphatic carbocycles. The Morgan fingerprint density at radius 2 is 0.456 bits per heavy atom. The predicted molar refractivity (Wildman–Crippen MR) is 344 cm³/mol. The average molecular weight is 1110 g/mol. The minimum absolute atomic E-state index is 0.0748. The first-order valence-electron chi connectivity index (χ1n) is 34.8. The molecule has 0 aromatic rings. The van der Waals surface area contributed by atoms with Crippen LogP contribution in [0.4, 0.5) is 0 Å². The zero-order valence-corrected chi connectivity index (χ0v) is 52.9. The van der Waals surface area contributed by atoms with Crippen LogP contribution < -0.4 is 0 Å². The Kier molecular flexibility index (Phi) is 65.1. The Bertz CT molecular complexity index is 1410. The van der Waals surface area contributed by atoms with Crippen LogP contribution in [0, 0.1) is 0 Å². The standard InChI is InChI=1S/C73H132O6/c1-4-7-10-13-16-19-22-25-27-28-29-30-31-32-33-34-35-36-37-38-39-40-41-42-43-44-46-48-51-54-57-60-63-66-72(75)78-69-70(68-77-71(74)65-62-59-56-53-50-47-24-21-18-15-12-9-6-3)79-73(76)67-64-61-58-55-52-49-45-26-23-20-17-14-11-8-5-2/h17,20,22,25-26,28-29,31-32,45,70H,4-16,18-19,21,23-24,27,30,33-44,46-69H2,1-3H3/b20-17-,25-22-,29-28-,32-31-,45-26-. The first kappa shape index (κ1) is 76.1. The number of carbonyl (C=O) groups is 3. The number of hydrogen-bond acceptors (Lipinski definition) is 6. The van der Waals surface area contributed by atoms with Gasteiger partial charge in [0.15, 0.2) is 6.10 Å². The van der Waals surface area contributed by atoms with Gasteiger partial charge in [0.1, 0.15) is 13.2 Å². The van der Waals surface area contributed by atoms with E-state index in [0.717, 1.165) is 96.3 Å². The van der Waals surface area contributed by atoms with Crippen LogP contribution in [0.3, 0.4) is 0 Å². The summed E-state index contributed by atoms with van der Waals surface area (Å²) in [5.41, 5.74) is 0. The van der Waals surface area contributed by atoms with E-state index >= 15 is 0 Å². The zero-order valence-electron chi connectivity index (χ0n) is 52.9. The molecule has 460 valence electrons. The first-order chi connectivity index (χ1) is 39.0. The molecule has 6 heteroatoms. The molecule has 0 saturated carbocycles. The van der Waals surface area contributed by atoms with Gasteiger partial charge in [-0.15, -0.1) is 0 Å². The van der Waals surface area contributed by atoms with E-state index in [1.165, 1.54) is 231 Å². The van der Waals surface area contributed by atoms with E-state index in [1.54, 1.807) is 0 Å². The van der Waals surface area contributed by atoms with Gasteiger partial charge in [0.05, 0.1) is 0 Å². The maximum atomic E-state index is 12.9. The van der Waals surface area contributed by atoms with Crippen molar-refractivity contribution in [3.05, 3.63) is 60.8 Å². The van der Waals surface area contributed by atoms with Gasteiger partial charge in [-0.25, -0.2) is 0 Å². The summed E-state index contributed by atoms with van der Waals surface area (Å²) in [7, 11) is 0. The third-order valence-corrected chi connectivity index (χ3v) is 15.5. The van der Waals surface area contributed by atoms with Crippen molar-refractivity contribution >= 4 is 17.9 Å². The van der Waals surface area contributed by atoms with Crippen LogP contribution in [-0.4, -0.2) is 37.2 Å². The van der Waals surface area contributed by atoms with Crippen molar-refractivity contribution in [3.8, 4) is 0 Å². The van der Waals surface area contributed by atoms with Crippen molar-refractivity contribution in [2.45, 2.75) is 374 Å². The van der Waals surface area contributed by atoms with E-state index in [9.17, 15) is 14.4 Å². The fourth-order valence-corrected chi connectivity index (χ4v) is 10.2. The number of carbonyl (C=O) groups excluding carboxylic acids is 3. The van der Waals surface area contributed by atoms with Crippen molar-refractivity contribution in [3.63, 3.8) is 0 Å². The molecule has 0 rings (SSSR count). The van der Waals surface area contributed by atoms with Crippen LogP contribution in [0.15, 0.2) is 60.8 Å². The second-order valence-electron chi connectivity index (χ2n) is 23.4. The Morgan fingerprint density at radius 3 is 0.734 bits per heavy atom. The molecule has 0 heterocycles. The normalized spacial score (nSPS) is 12.4. The highest BCUT2D eigenvalue weighted by Gasteiger charge is 2.19. The highest BCUT2D eigenvalue weighted by atomic mass is 16.6. The molecule has 0 aromatic heterocycles. The number of ether oxygens (including phenoxy) is 3.